The Kier molecular flexibility index (Phi) is 6.78. The minimum atomic E-state index is -0.846. The van der Waals surface area contributed by atoms with Crippen LogP contribution in [0.1, 0.15) is 46.9 Å². The van der Waals surface area contributed by atoms with Crippen LogP contribution in [-0.4, -0.2) is 34.4 Å². The number of carbonyl (C=O) groups is 3. The highest BCUT2D eigenvalue weighted by atomic mass is 16.5. The Morgan fingerprint density at radius 2 is 1.71 bits per heavy atom. The van der Waals surface area contributed by atoms with Crippen molar-refractivity contribution in [3.8, 4) is 0 Å². The zero-order valence-corrected chi connectivity index (χ0v) is 19.8. The maximum Gasteiger partial charge on any atom is 0.338 e. The highest BCUT2D eigenvalue weighted by Crippen LogP contribution is 2.42. The van der Waals surface area contributed by atoms with E-state index in [9.17, 15) is 19.5 Å². The SMILES string of the molecule is Cc1cccc(C2/C(=C(\O)c3ccncc3)C(=O)C(=O)N2c2ccc(C(=O)OCC(C)C)cc2)c1. The van der Waals surface area contributed by atoms with Crippen molar-refractivity contribution < 1.29 is 24.2 Å². The van der Waals surface area contributed by atoms with E-state index in [1.54, 1.807) is 36.4 Å². The molecule has 0 aliphatic carbocycles. The molecule has 1 fully saturated rings. The summed E-state index contributed by atoms with van der Waals surface area (Å²) in [5.74, 6) is -2.07. The number of nitrogens with zero attached hydrogens (tertiary/aromatic N) is 2. The van der Waals surface area contributed by atoms with Crippen molar-refractivity contribution in [2.75, 3.05) is 11.5 Å². The highest BCUT2D eigenvalue weighted by Gasteiger charge is 2.47. The second-order valence-corrected chi connectivity index (χ2v) is 8.86. The lowest BCUT2D eigenvalue weighted by atomic mass is 9.94. The summed E-state index contributed by atoms with van der Waals surface area (Å²) >= 11 is 0. The van der Waals surface area contributed by atoms with E-state index < -0.39 is 23.7 Å². The van der Waals surface area contributed by atoms with Gasteiger partial charge in [0.15, 0.2) is 0 Å². The van der Waals surface area contributed by atoms with Gasteiger partial charge in [0.1, 0.15) is 5.76 Å². The van der Waals surface area contributed by atoms with E-state index in [4.69, 9.17) is 4.74 Å². The van der Waals surface area contributed by atoms with E-state index in [0.717, 1.165) is 5.56 Å². The molecule has 2 aromatic carbocycles. The van der Waals surface area contributed by atoms with Crippen LogP contribution in [0.15, 0.2) is 78.6 Å². The Morgan fingerprint density at radius 3 is 2.34 bits per heavy atom. The number of hydrogen-bond acceptors (Lipinski definition) is 6. The van der Waals surface area contributed by atoms with Gasteiger partial charge in [-0.2, -0.15) is 0 Å². The van der Waals surface area contributed by atoms with Gasteiger partial charge in [0.2, 0.25) is 0 Å². The molecular formula is C28H26N2O5. The monoisotopic (exact) mass is 470 g/mol. The summed E-state index contributed by atoms with van der Waals surface area (Å²) in [7, 11) is 0. The van der Waals surface area contributed by atoms with Crippen molar-refractivity contribution in [2.45, 2.75) is 26.8 Å². The van der Waals surface area contributed by atoms with Gasteiger partial charge in [0, 0.05) is 23.6 Å². The first-order valence-electron chi connectivity index (χ1n) is 11.3. The number of aliphatic hydroxyl groups is 1. The highest BCUT2D eigenvalue weighted by molar-refractivity contribution is 6.51. The van der Waals surface area contributed by atoms with Crippen LogP contribution in [0.4, 0.5) is 5.69 Å². The van der Waals surface area contributed by atoms with E-state index in [1.165, 1.54) is 17.3 Å². The van der Waals surface area contributed by atoms with Gasteiger partial charge in [0.25, 0.3) is 11.7 Å². The van der Waals surface area contributed by atoms with Gasteiger partial charge in [-0.3, -0.25) is 19.5 Å². The minimum Gasteiger partial charge on any atom is -0.507 e. The molecule has 1 aromatic heterocycles. The molecule has 1 aliphatic heterocycles. The smallest absolute Gasteiger partial charge is 0.338 e. The fourth-order valence-electron chi connectivity index (χ4n) is 4.00. The first kappa shape index (κ1) is 23.9. The molecule has 1 unspecified atom stereocenters. The number of benzene rings is 2. The fourth-order valence-corrected chi connectivity index (χ4v) is 4.00. The molecule has 7 heteroatoms. The number of rotatable bonds is 6. The second-order valence-electron chi connectivity index (χ2n) is 8.86. The number of pyridine rings is 1. The lowest BCUT2D eigenvalue weighted by Gasteiger charge is -2.26. The largest absolute Gasteiger partial charge is 0.507 e. The first-order chi connectivity index (χ1) is 16.8. The topological polar surface area (TPSA) is 96.8 Å². The van der Waals surface area contributed by atoms with Gasteiger partial charge in [0.05, 0.1) is 23.8 Å². The summed E-state index contributed by atoms with van der Waals surface area (Å²) in [6.45, 7) is 6.11. The van der Waals surface area contributed by atoms with E-state index >= 15 is 0 Å². The Balaban J connectivity index is 1.79. The molecule has 1 aliphatic rings. The normalized spacial score (nSPS) is 17.1. The maximum atomic E-state index is 13.2. The Hall–Kier alpha value is -4.26. The molecule has 1 amide bonds. The van der Waals surface area contributed by atoms with Gasteiger partial charge in [-0.15, -0.1) is 0 Å². The number of amides is 1. The molecule has 0 saturated carbocycles. The molecule has 1 saturated heterocycles. The average molecular weight is 471 g/mol. The summed E-state index contributed by atoms with van der Waals surface area (Å²) < 4.78 is 5.27. The van der Waals surface area contributed by atoms with Crippen LogP contribution in [0.2, 0.25) is 0 Å². The average Bonchev–Trinajstić information content (AvgIpc) is 3.13. The van der Waals surface area contributed by atoms with E-state index in [1.807, 2.05) is 45.0 Å². The van der Waals surface area contributed by atoms with Crippen LogP contribution in [0.3, 0.4) is 0 Å². The summed E-state index contributed by atoms with van der Waals surface area (Å²) in [5.41, 5.74) is 2.77. The van der Waals surface area contributed by atoms with Gasteiger partial charge >= 0.3 is 5.97 Å². The number of ketones is 1. The van der Waals surface area contributed by atoms with Gasteiger partial charge < -0.3 is 9.84 Å². The molecule has 0 bridgehead atoms. The molecule has 2 heterocycles. The Labute approximate surface area is 203 Å². The quantitative estimate of drug-likeness (QED) is 0.240. The summed E-state index contributed by atoms with van der Waals surface area (Å²) in [6, 6.07) is 16.1. The summed E-state index contributed by atoms with van der Waals surface area (Å²) in [4.78, 5) is 44.1. The predicted octanol–water partition coefficient (Wildman–Crippen LogP) is 4.83. The summed E-state index contributed by atoms with van der Waals surface area (Å²) in [5, 5.41) is 11.1. The van der Waals surface area contributed by atoms with Crippen LogP contribution in [-0.2, 0) is 14.3 Å². The van der Waals surface area contributed by atoms with E-state index in [-0.39, 0.29) is 17.3 Å². The van der Waals surface area contributed by atoms with Crippen molar-refractivity contribution in [3.63, 3.8) is 0 Å². The van der Waals surface area contributed by atoms with E-state index in [0.29, 0.717) is 29.0 Å². The number of carbonyl (C=O) groups excluding carboxylic acids is 3. The zero-order valence-electron chi connectivity index (χ0n) is 19.8. The molecule has 1 atom stereocenters. The standard InChI is InChI=1S/C28H26N2O5/c1-17(2)16-35-28(34)20-7-9-22(10-8-20)30-24(21-6-4-5-18(3)15-21)23(26(32)27(30)33)25(31)19-11-13-29-14-12-19/h4-15,17,24,31H,16H2,1-3H3/b25-23+. The van der Waals surface area contributed by atoms with Gasteiger partial charge in [-0.25, -0.2) is 4.79 Å². The van der Waals surface area contributed by atoms with Crippen LogP contribution >= 0.6 is 0 Å². The number of Topliss-reactive ketones (excluding diaryl/α,β-unsaturated/α-hetero) is 1. The molecule has 35 heavy (non-hydrogen) atoms. The number of aliphatic hydroxyl groups excluding tert-OH is 1. The number of hydrogen-bond donors (Lipinski definition) is 1. The third-order valence-electron chi connectivity index (χ3n) is 5.68. The second kappa shape index (κ2) is 9.93. The van der Waals surface area contributed by atoms with Crippen LogP contribution in [0.5, 0.6) is 0 Å². The van der Waals surface area contributed by atoms with Crippen molar-refractivity contribution in [1.29, 1.82) is 0 Å². The number of anilines is 1. The molecule has 0 radical (unpaired) electrons. The molecule has 4 rings (SSSR count). The maximum absolute atomic E-state index is 13.2. The van der Waals surface area contributed by atoms with Crippen molar-refractivity contribution in [2.24, 2.45) is 5.92 Å². The Morgan fingerprint density at radius 1 is 1.03 bits per heavy atom. The van der Waals surface area contributed by atoms with Crippen LogP contribution in [0.25, 0.3) is 5.76 Å². The van der Waals surface area contributed by atoms with Crippen LogP contribution in [0, 0.1) is 12.8 Å². The van der Waals surface area contributed by atoms with E-state index in [2.05, 4.69) is 4.98 Å². The molecule has 178 valence electrons. The minimum absolute atomic E-state index is 0.00720. The lowest BCUT2D eigenvalue weighted by Crippen LogP contribution is -2.29. The zero-order chi connectivity index (χ0) is 25.1. The predicted molar refractivity (Wildman–Crippen MR) is 132 cm³/mol. The van der Waals surface area contributed by atoms with Crippen molar-refractivity contribution >= 4 is 29.1 Å². The van der Waals surface area contributed by atoms with Crippen LogP contribution < -0.4 is 4.90 Å². The molecule has 0 spiro atoms. The summed E-state index contributed by atoms with van der Waals surface area (Å²) in [6.07, 6.45) is 3.01. The number of esters is 1. The molecule has 3 aromatic rings. The van der Waals surface area contributed by atoms with Gasteiger partial charge in [-0.05, 0) is 54.8 Å². The molecule has 1 N–H and O–H groups in total. The lowest BCUT2D eigenvalue weighted by molar-refractivity contribution is -0.132. The molecular weight excluding hydrogens is 444 g/mol. The fraction of sp³-hybridized carbons (Fsp3) is 0.214. The Bertz CT molecular complexity index is 1300. The number of aromatic nitrogens is 1. The first-order valence-corrected chi connectivity index (χ1v) is 11.3. The third-order valence-corrected chi connectivity index (χ3v) is 5.68. The third kappa shape index (κ3) is 4.84. The molecule has 7 nitrogen and oxygen atoms in total. The number of ether oxygens (including phenoxy) is 1. The van der Waals surface area contributed by atoms with Crippen molar-refractivity contribution in [1.82, 2.24) is 4.98 Å². The van der Waals surface area contributed by atoms with Crippen molar-refractivity contribution in [3.05, 3.63) is 101 Å². The van der Waals surface area contributed by atoms with Gasteiger partial charge in [-0.1, -0.05) is 43.7 Å². The number of aryl methyl sites for hydroxylation is 1.